The second-order valence-corrected chi connectivity index (χ2v) is 3.28. The second-order valence-electron chi connectivity index (χ2n) is 3.28. The third-order valence-corrected chi connectivity index (χ3v) is 2.58. The first-order valence-electron chi connectivity index (χ1n) is 3.75. The average Bonchev–Trinajstić information content (AvgIpc) is 2.45. The Morgan fingerprint density at radius 2 is 2.20 bits per heavy atom. The smallest absolute Gasteiger partial charge is 0 e. The van der Waals surface area contributed by atoms with Gasteiger partial charge in [-0.25, -0.2) is 0 Å². The number of nitrogens with zero attached hydrogens (tertiary/aromatic N) is 1. The molecule has 10 heavy (non-hydrogen) atoms. The van der Waals surface area contributed by atoms with Crippen LogP contribution in [0.5, 0.6) is 0 Å². The van der Waals surface area contributed by atoms with E-state index in [0.717, 1.165) is 13.1 Å². The molecule has 0 aromatic rings. The van der Waals surface area contributed by atoms with Gasteiger partial charge >= 0.3 is 0 Å². The summed E-state index contributed by atoms with van der Waals surface area (Å²) in [6.45, 7) is 4.67. The van der Waals surface area contributed by atoms with Crippen molar-refractivity contribution in [2.45, 2.75) is 12.8 Å². The van der Waals surface area contributed by atoms with Gasteiger partial charge in [0.15, 0.2) is 0 Å². The molecular weight excluding hydrogens is 201 g/mol. The van der Waals surface area contributed by atoms with Gasteiger partial charge in [-0.15, -0.1) is 13.1 Å². The second kappa shape index (κ2) is 3.62. The quantitative estimate of drug-likeness (QED) is 0.632. The summed E-state index contributed by atoms with van der Waals surface area (Å²) in [6.07, 6.45) is 2.69. The van der Waals surface area contributed by atoms with Crippen molar-refractivity contribution in [3.05, 3.63) is 5.32 Å². The minimum atomic E-state index is 0. The number of hydrogen-bond donors (Lipinski definition) is 1. The van der Waals surface area contributed by atoms with E-state index in [1.54, 1.807) is 0 Å². The normalized spacial score (nSPS) is 38.4. The maximum Gasteiger partial charge on any atom is 0 e. The van der Waals surface area contributed by atoms with Gasteiger partial charge in [0, 0.05) is 32.7 Å². The van der Waals surface area contributed by atoms with Gasteiger partial charge in [0.25, 0.3) is 0 Å². The molecule has 0 saturated carbocycles. The first-order valence-corrected chi connectivity index (χ1v) is 3.75. The molecule has 3 heteroatoms. The van der Waals surface area contributed by atoms with Crippen molar-refractivity contribution in [1.82, 2.24) is 5.32 Å². The molecule has 1 N–H and O–H groups in total. The van der Waals surface area contributed by atoms with Gasteiger partial charge in [-0.3, -0.25) is 0 Å². The molecule has 2 fully saturated rings. The van der Waals surface area contributed by atoms with E-state index in [2.05, 4.69) is 10.6 Å². The van der Waals surface area contributed by atoms with Gasteiger partial charge in [0.1, 0.15) is 0 Å². The van der Waals surface area contributed by atoms with E-state index in [1.165, 1.54) is 25.9 Å². The summed E-state index contributed by atoms with van der Waals surface area (Å²) in [5, 5.41) is 7.77. The maximum atomic E-state index is 4.38. The Kier molecular flexibility index (Phi) is 3.30. The van der Waals surface area contributed by atoms with Crippen LogP contribution in [-0.2, 0) is 32.7 Å². The molecule has 2 nitrogen and oxygen atoms in total. The van der Waals surface area contributed by atoms with Crippen molar-refractivity contribution in [1.29, 1.82) is 0 Å². The third-order valence-electron chi connectivity index (χ3n) is 2.58. The predicted octanol–water partition coefficient (Wildman–Crippen LogP) is 0.741. The van der Waals surface area contributed by atoms with E-state index in [4.69, 9.17) is 0 Å². The summed E-state index contributed by atoms with van der Waals surface area (Å²) in [4.78, 5) is 0. The number of rotatable bonds is 0. The fourth-order valence-corrected chi connectivity index (χ4v) is 1.86. The van der Waals surface area contributed by atoms with Crippen LogP contribution in [0.4, 0.5) is 0 Å². The van der Waals surface area contributed by atoms with Gasteiger partial charge < -0.3 is 10.6 Å². The summed E-state index contributed by atoms with van der Waals surface area (Å²) in [7, 11) is 0. The number of hydrogen-bond acceptors (Lipinski definition) is 1. The summed E-state index contributed by atoms with van der Waals surface area (Å²) < 4.78 is 0. The topological polar surface area (TPSA) is 26.1 Å². The van der Waals surface area contributed by atoms with E-state index in [9.17, 15) is 0 Å². The van der Waals surface area contributed by atoms with Crippen LogP contribution in [0.2, 0.25) is 0 Å². The molecular formula is C7H13N2Y-. The summed E-state index contributed by atoms with van der Waals surface area (Å²) in [5.41, 5.74) is 0.611. The number of nitrogens with one attached hydrogen (secondary N) is 1. The first-order chi connectivity index (χ1) is 4.41. The molecule has 2 aliphatic heterocycles. The molecule has 0 aromatic heterocycles. The monoisotopic (exact) mass is 214 g/mol. The molecule has 2 heterocycles. The molecule has 2 saturated heterocycles. The van der Waals surface area contributed by atoms with Gasteiger partial charge in [-0.05, 0) is 24.9 Å². The predicted molar refractivity (Wildman–Crippen MR) is 37.6 cm³/mol. The zero-order chi connectivity index (χ0) is 6.16. The Labute approximate surface area is 87.4 Å². The standard InChI is InChI=1S/C7H13N2.Y/c1-3-8-5-7(1)2-4-9-6-7;/h8H,1-6H2;/q-1;. The van der Waals surface area contributed by atoms with Crippen LogP contribution < -0.4 is 5.32 Å². The van der Waals surface area contributed by atoms with E-state index in [0.29, 0.717) is 5.41 Å². The fourth-order valence-electron chi connectivity index (χ4n) is 1.86. The van der Waals surface area contributed by atoms with E-state index >= 15 is 0 Å². The van der Waals surface area contributed by atoms with E-state index < -0.39 is 0 Å². The zero-order valence-electron chi connectivity index (χ0n) is 6.27. The van der Waals surface area contributed by atoms with Crippen LogP contribution in [0.1, 0.15) is 12.8 Å². The van der Waals surface area contributed by atoms with Gasteiger partial charge in [-0.2, -0.15) is 0 Å². The van der Waals surface area contributed by atoms with Gasteiger partial charge in [0.2, 0.25) is 0 Å². The summed E-state index contributed by atoms with van der Waals surface area (Å²) >= 11 is 0. The van der Waals surface area contributed by atoms with Gasteiger partial charge in [0.05, 0.1) is 0 Å². The van der Waals surface area contributed by atoms with Crippen LogP contribution in [0, 0.1) is 5.41 Å². The maximum absolute atomic E-state index is 4.38. The Balaban J connectivity index is 0.000000500. The molecule has 0 amide bonds. The van der Waals surface area contributed by atoms with E-state index in [1.807, 2.05) is 0 Å². The molecule has 0 aromatic carbocycles. The van der Waals surface area contributed by atoms with Gasteiger partial charge in [-0.1, -0.05) is 6.42 Å². The third kappa shape index (κ3) is 1.61. The molecule has 0 aliphatic carbocycles. The largest absolute Gasteiger partial charge is 0.662 e. The zero-order valence-corrected chi connectivity index (χ0v) is 9.11. The average molecular weight is 214 g/mol. The molecule has 1 radical (unpaired) electrons. The minimum Gasteiger partial charge on any atom is -0.662 e. The van der Waals surface area contributed by atoms with Crippen LogP contribution in [0.15, 0.2) is 0 Å². The molecule has 2 rings (SSSR count). The molecule has 0 bridgehead atoms. The molecule has 1 spiro atoms. The Morgan fingerprint density at radius 3 is 2.70 bits per heavy atom. The summed E-state index contributed by atoms with van der Waals surface area (Å²) in [5.74, 6) is 0. The Bertz CT molecular complexity index is 86.7. The SMILES string of the molecule is C1CC2(CCNC2)C[N-]1.[Y]. The molecule has 1 atom stereocenters. The minimum absolute atomic E-state index is 0. The fraction of sp³-hybridized carbons (Fsp3) is 1.00. The van der Waals surface area contributed by atoms with Crippen molar-refractivity contribution in [2.24, 2.45) is 5.41 Å². The van der Waals surface area contributed by atoms with Crippen molar-refractivity contribution in [3.63, 3.8) is 0 Å². The van der Waals surface area contributed by atoms with E-state index in [-0.39, 0.29) is 32.7 Å². The van der Waals surface area contributed by atoms with Crippen LogP contribution in [0.25, 0.3) is 5.32 Å². The van der Waals surface area contributed by atoms with Crippen molar-refractivity contribution in [3.8, 4) is 0 Å². The molecule has 2 aliphatic rings. The molecule has 55 valence electrons. The van der Waals surface area contributed by atoms with Crippen LogP contribution >= 0.6 is 0 Å². The Morgan fingerprint density at radius 1 is 1.30 bits per heavy atom. The van der Waals surface area contributed by atoms with Crippen LogP contribution in [0.3, 0.4) is 0 Å². The molecule has 1 unspecified atom stereocenters. The van der Waals surface area contributed by atoms with Crippen molar-refractivity contribution < 1.29 is 32.7 Å². The summed E-state index contributed by atoms with van der Waals surface area (Å²) in [6, 6.07) is 0. The van der Waals surface area contributed by atoms with Crippen molar-refractivity contribution >= 4 is 0 Å². The Hall–Kier alpha value is 1.02. The van der Waals surface area contributed by atoms with Crippen LogP contribution in [-0.4, -0.2) is 26.2 Å². The van der Waals surface area contributed by atoms with Crippen molar-refractivity contribution in [2.75, 3.05) is 26.2 Å². The first kappa shape index (κ1) is 9.11.